The summed E-state index contributed by atoms with van der Waals surface area (Å²) >= 11 is 2.23. The van der Waals surface area contributed by atoms with Gasteiger partial charge in [0.1, 0.15) is 36.3 Å². The fourth-order valence-corrected chi connectivity index (χ4v) is 3.66. The topological polar surface area (TPSA) is 125 Å². The maximum absolute atomic E-state index is 10.1. The molecule has 1 fully saturated rings. The second-order valence-electron chi connectivity index (χ2n) is 4.84. The van der Waals surface area contributed by atoms with Gasteiger partial charge in [0, 0.05) is 6.54 Å². The van der Waals surface area contributed by atoms with Crippen LogP contribution in [-0.4, -0.2) is 63.0 Å². The quantitative estimate of drug-likeness (QED) is 0.364. The number of halogens is 1. The standard InChI is InChI=1S/C11H15IN4O4/c12-4-1-16(10-6(4)9(13)14-3-15-10)11-8(19)7(18)5(2-17)20-11/h3-5,7-8,11,17-19H,1-2H2,(H2,13,14,15)/t4?,5-,7?,8+,11-/m1/s1. The normalized spacial score (nSPS) is 36.4. The van der Waals surface area contributed by atoms with Crippen LogP contribution in [0, 0.1) is 0 Å². The lowest BCUT2D eigenvalue weighted by atomic mass is 10.1. The number of aromatic nitrogens is 2. The van der Waals surface area contributed by atoms with E-state index in [-0.39, 0.29) is 10.5 Å². The van der Waals surface area contributed by atoms with E-state index >= 15 is 0 Å². The van der Waals surface area contributed by atoms with Crippen LogP contribution < -0.4 is 10.6 Å². The van der Waals surface area contributed by atoms with E-state index in [0.29, 0.717) is 18.2 Å². The van der Waals surface area contributed by atoms with Gasteiger partial charge in [0.15, 0.2) is 6.23 Å². The first kappa shape index (κ1) is 14.2. The van der Waals surface area contributed by atoms with Gasteiger partial charge in [0.25, 0.3) is 0 Å². The minimum Gasteiger partial charge on any atom is -0.394 e. The van der Waals surface area contributed by atoms with Crippen LogP contribution in [0.5, 0.6) is 0 Å². The summed E-state index contributed by atoms with van der Waals surface area (Å²) in [6.45, 7) is 0.195. The van der Waals surface area contributed by atoms with Crippen LogP contribution in [0.2, 0.25) is 0 Å². The number of fused-ring (bicyclic) bond motifs is 1. The molecular weight excluding hydrogens is 379 g/mol. The Kier molecular flexibility index (Phi) is 3.71. The molecule has 0 spiro atoms. The highest BCUT2D eigenvalue weighted by Crippen LogP contribution is 2.43. The van der Waals surface area contributed by atoms with Crippen LogP contribution in [0.3, 0.4) is 0 Å². The van der Waals surface area contributed by atoms with Crippen LogP contribution in [0.4, 0.5) is 11.6 Å². The summed E-state index contributed by atoms with van der Waals surface area (Å²) in [5.41, 5.74) is 6.67. The molecule has 0 radical (unpaired) electrons. The Balaban J connectivity index is 1.93. The van der Waals surface area contributed by atoms with Gasteiger partial charge in [-0.2, -0.15) is 0 Å². The third-order valence-corrected chi connectivity index (χ3v) is 4.68. The molecule has 0 saturated carbocycles. The van der Waals surface area contributed by atoms with Crippen LogP contribution >= 0.6 is 22.6 Å². The molecule has 3 heterocycles. The molecule has 0 aliphatic carbocycles. The number of nitrogens with two attached hydrogens (primary N) is 1. The number of rotatable bonds is 2. The second kappa shape index (κ2) is 5.22. The van der Waals surface area contributed by atoms with Gasteiger partial charge >= 0.3 is 0 Å². The van der Waals surface area contributed by atoms with Gasteiger partial charge in [-0.3, -0.25) is 0 Å². The zero-order chi connectivity index (χ0) is 14.4. The number of alkyl halides is 1. The second-order valence-corrected chi connectivity index (χ2v) is 6.35. The molecule has 20 heavy (non-hydrogen) atoms. The smallest absolute Gasteiger partial charge is 0.160 e. The minimum absolute atomic E-state index is 0.0740. The molecule has 3 rings (SSSR count). The molecule has 1 saturated heterocycles. The SMILES string of the molecule is Nc1ncnc2c1C(I)CN2[C@@H]1O[C@H](CO)C(O)[C@@H]1O. The van der Waals surface area contributed by atoms with Gasteiger partial charge < -0.3 is 30.7 Å². The number of nitrogens with zero attached hydrogens (tertiary/aromatic N) is 3. The number of hydrogen-bond acceptors (Lipinski definition) is 8. The van der Waals surface area contributed by atoms with E-state index in [9.17, 15) is 10.2 Å². The molecule has 2 aliphatic heterocycles. The number of ether oxygens (including phenoxy) is 1. The lowest BCUT2D eigenvalue weighted by molar-refractivity contribution is -0.0221. The number of anilines is 2. The average molecular weight is 394 g/mol. The van der Waals surface area contributed by atoms with Crippen LogP contribution in [-0.2, 0) is 4.74 Å². The Morgan fingerprint density at radius 2 is 2.15 bits per heavy atom. The molecule has 2 aliphatic rings. The van der Waals surface area contributed by atoms with E-state index in [2.05, 4.69) is 32.6 Å². The monoisotopic (exact) mass is 394 g/mol. The Labute approximate surface area is 128 Å². The van der Waals surface area contributed by atoms with Gasteiger partial charge in [-0.15, -0.1) is 0 Å². The molecule has 8 nitrogen and oxygen atoms in total. The van der Waals surface area contributed by atoms with E-state index in [1.807, 2.05) is 0 Å². The molecule has 1 aromatic rings. The summed E-state index contributed by atoms with van der Waals surface area (Å²) in [6.07, 6.45) is -2.43. The number of nitrogen functional groups attached to an aromatic ring is 1. The van der Waals surface area contributed by atoms with Crippen molar-refractivity contribution in [2.24, 2.45) is 0 Å². The lowest BCUT2D eigenvalue weighted by Gasteiger charge is -2.27. The van der Waals surface area contributed by atoms with Crippen molar-refractivity contribution < 1.29 is 20.1 Å². The largest absolute Gasteiger partial charge is 0.394 e. The van der Waals surface area contributed by atoms with Gasteiger partial charge in [0.2, 0.25) is 0 Å². The summed E-state index contributed by atoms with van der Waals surface area (Å²) in [6, 6.07) is 0. The molecule has 0 amide bonds. The summed E-state index contributed by atoms with van der Waals surface area (Å²) in [5, 5.41) is 29.1. The lowest BCUT2D eigenvalue weighted by Crippen LogP contribution is -2.44. The highest BCUT2D eigenvalue weighted by molar-refractivity contribution is 14.1. The number of hydrogen-bond donors (Lipinski definition) is 4. The number of aliphatic hydroxyl groups is 3. The van der Waals surface area contributed by atoms with Gasteiger partial charge in [-0.1, -0.05) is 22.6 Å². The molecule has 9 heteroatoms. The zero-order valence-electron chi connectivity index (χ0n) is 10.4. The average Bonchev–Trinajstić information content (AvgIpc) is 2.90. The third-order valence-electron chi connectivity index (χ3n) is 3.66. The molecule has 1 aromatic heterocycles. The fourth-order valence-electron chi connectivity index (χ4n) is 2.64. The first-order chi connectivity index (χ1) is 9.54. The van der Waals surface area contributed by atoms with Crippen molar-refractivity contribution >= 4 is 34.2 Å². The Morgan fingerprint density at radius 3 is 2.80 bits per heavy atom. The van der Waals surface area contributed by atoms with Crippen LogP contribution in [0.25, 0.3) is 0 Å². The Bertz CT molecular complexity index is 519. The fraction of sp³-hybridized carbons (Fsp3) is 0.636. The summed E-state index contributed by atoms with van der Waals surface area (Å²) < 4.78 is 5.61. The van der Waals surface area contributed by atoms with E-state index < -0.39 is 24.5 Å². The molecule has 5 atom stereocenters. The molecule has 5 N–H and O–H groups in total. The Morgan fingerprint density at radius 1 is 1.40 bits per heavy atom. The van der Waals surface area contributed by atoms with Crippen molar-refractivity contribution in [3.05, 3.63) is 11.9 Å². The summed E-state index contributed by atoms with van der Waals surface area (Å²) in [5.74, 6) is 1.01. The molecular formula is C11H15IN4O4. The van der Waals surface area contributed by atoms with Crippen molar-refractivity contribution in [3.63, 3.8) is 0 Å². The maximum Gasteiger partial charge on any atom is 0.160 e. The van der Waals surface area contributed by atoms with Gasteiger partial charge in [0.05, 0.1) is 16.1 Å². The number of aliphatic hydroxyl groups excluding tert-OH is 3. The van der Waals surface area contributed by atoms with Crippen molar-refractivity contribution in [3.8, 4) is 0 Å². The minimum atomic E-state index is -1.12. The van der Waals surface area contributed by atoms with Crippen LogP contribution in [0.15, 0.2) is 6.33 Å². The van der Waals surface area contributed by atoms with E-state index in [1.54, 1.807) is 4.90 Å². The van der Waals surface area contributed by atoms with Crippen molar-refractivity contribution in [2.45, 2.75) is 28.5 Å². The van der Waals surface area contributed by atoms with Crippen molar-refractivity contribution in [2.75, 3.05) is 23.8 Å². The predicted octanol–water partition coefficient (Wildman–Crippen LogP) is -1.21. The first-order valence-corrected chi connectivity index (χ1v) is 7.42. The highest BCUT2D eigenvalue weighted by Gasteiger charge is 2.48. The molecule has 0 aromatic carbocycles. The summed E-state index contributed by atoms with van der Waals surface area (Å²) in [7, 11) is 0. The summed E-state index contributed by atoms with van der Waals surface area (Å²) in [4.78, 5) is 9.93. The predicted molar refractivity (Wildman–Crippen MR) is 78.3 cm³/mol. The van der Waals surface area contributed by atoms with Gasteiger partial charge in [-0.25, -0.2) is 9.97 Å². The van der Waals surface area contributed by atoms with Gasteiger partial charge in [-0.05, 0) is 0 Å². The maximum atomic E-state index is 10.1. The van der Waals surface area contributed by atoms with Crippen LogP contribution in [0.1, 0.15) is 9.49 Å². The highest BCUT2D eigenvalue weighted by atomic mass is 127. The van der Waals surface area contributed by atoms with E-state index in [4.69, 9.17) is 15.6 Å². The third kappa shape index (κ3) is 2.04. The van der Waals surface area contributed by atoms with Crippen molar-refractivity contribution in [1.29, 1.82) is 0 Å². The molecule has 2 unspecified atom stereocenters. The van der Waals surface area contributed by atoms with E-state index in [1.165, 1.54) is 6.33 Å². The Hall–Kier alpha value is -0.750. The molecule has 0 bridgehead atoms. The first-order valence-electron chi connectivity index (χ1n) is 6.18. The molecule has 110 valence electrons. The van der Waals surface area contributed by atoms with E-state index in [0.717, 1.165) is 5.56 Å². The zero-order valence-corrected chi connectivity index (χ0v) is 12.6. The van der Waals surface area contributed by atoms with Crippen molar-refractivity contribution in [1.82, 2.24) is 9.97 Å².